The van der Waals surface area contributed by atoms with E-state index >= 15 is 0 Å². The van der Waals surface area contributed by atoms with Crippen molar-refractivity contribution in [1.29, 1.82) is 0 Å². The minimum Gasteiger partial charge on any atom is -0.497 e. The van der Waals surface area contributed by atoms with Crippen molar-refractivity contribution >= 4 is 11.7 Å². The van der Waals surface area contributed by atoms with Gasteiger partial charge in [0.2, 0.25) is 0 Å². The first-order valence-electron chi connectivity index (χ1n) is 7.97. The van der Waals surface area contributed by atoms with Crippen molar-refractivity contribution in [2.45, 2.75) is 12.5 Å². The highest BCUT2D eigenvalue weighted by atomic mass is 16.5. The van der Waals surface area contributed by atoms with Gasteiger partial charge in [0.25, 0.3) is 5.91 Å². The SMILES string of the molecule is COc1ccc(OCC(=O)NC2CCN(c3ccccn3)C2)cc1. The molecule has 24 heavy (non-hydrogen) atoms. The van der Waals surface area contributed by atoms with Gasteiger partial charge in [0.05, 0.1) is 7.11 Å². The zero-order valence-corrected chi connectivity index (χ0v) is 13.6. The average Bonchev–Trinajstić information content (AvgIpc) is 3.09. The molecule has 1 aliphatic rings. The fraction of sp³-hybridized carbons (Fsp3) is 0.333. The van der Waals surface area contributed by atoms with Crippen molar-refractivity contribution in [1.82, 2.24) is 10.3 Å². The fourth-order valence-electron chi connectivity index (χ4n) is 2.72. The number of carbonyl (C=O) groups is 1. The number of rotatable bonds is 6. The van der Waals surface area contributed by atoms with Gasteiger partial charge in [0, 0.05) is 25.3 Å². The van der Waals surface area contributed by atoms with Crippen LogP contribution in [0.1, 0.15) is 6.42 Å². The number of ether oxygens (including phenoxy) is 2. The van der Waals surface area contributed by atoms with Gasteiger partial charge in [-0.05, 0) is 42.8 Å². The Labute approximate surface area is 141 Å². The van der Waals surface area contributed by atoms with Crippen LogP contribution in [0.2, 0.25) is 0 Å². The minimum absolute atomic E-state index is 0.00636. The zero-order valence-electron chi connectivity index (χ0n) is 13.6. The van der Waals surface area contributed by atoms with Crippen molar-refractivity contribution in [2.75, 3.05) is 31.7 Å². The Balaban J connectivity index is 1.44. The third kappa shape index (κ3) is 4.16. The van der Waals surface area contributed by atoms with Crippen LogP contribution in [0.15, 0.2) is 48.7 Å². The number of nitrogens with one attached hydrogen (secondary N) is 1. The van der Waals surface area contributed by atoms with Crippen molar-refractivity contribution < 1.29 is 14.3 Å². The van der Waals surface area contributed by atoms with Gasteiger partial charge in [-0.1, -0.05) is 6.07 Å². The van der Waals surface area contributed by atoms with E-state index in [-0.39, 0.29) is 18.6 Å². The molecule has 0 radical (unpaired) electrons. The molecule has 3 rings (SSSR count). The number of amides is 1. The molecule has 1 unspecified atom stereocenters. The number of methoxy groups -OCH3 is 1. The Kier molecular flexibility index (Phi) is 5.15. The summed E-state index contributed by atoms with van der Waals surface area (Å²) >= 11 is 0. The highest BCUT2D eigenvalue weighted by Crippen LogP contribution is 2.18. The van der Waals surface area contributed by atoms with E-state index in [9.17, 15) is 4.79 Å². The first-order valence-corrected chi connectivity index (χ1v) is 7.97. The molecule has 0 spiro atoms. The highest BCUT2D eigenvalue weighted by Gasteiger charge is 2.24. The highest BCUT2D eigenvalue weighted by molar-refractivity contribution is 5.78. The zero-order chi connectivity index (χ0) is 16.8. The van der Waals surface area contributed by atoms with E-state index in [4.69, 9.17) is 9.47 Å². The number of benzene rings is 1. The maximum absolute atomic E-state index is 12.0. The van der Waals surface area contributed by atoms with Crippen LogP contribution in [0.3, 0.4) is 0 Å². The number of carbonyl (C=O) groups excluding carboxylic acids is 1. The molecule has 0 bridgehead atoms. The first kappa shape index (κ1) is 16.1. The van der Waals surface area contributed by atoms with Crippen LogP contribution in [0, 0.1) is 0 Å². The summed E-state index contributed by atoms with van der Waals surface area (Å²) in [5.74, 6) is 2.24. The van der Waals surface area contributed by atoms with E-state index in [1.165, 1.54) is 0 Å². The second-order valence-electron chi connectivity index (χ2n) is 5.65. The molecule has 2 aromatic rings. The number of hydrogen-bond donors (Lipinski definition) is 1. The largest absolute Gasteiger partial charge is 0.497 e. The number of nitrogens with zero attached hydrogens (tertiary/aromatic N) is 2. The molecule has 1 atom stereocenters. The summed E-state index contributed by atoms with van der Waals surface area (Å²) < 4.78 is 10.6. The molecule has 0 saturated carbocycles. The summed E-state index contributed by atoms with van der Waals surface area (Å²) in [6.45, 7) is 1.67. The topological polar surface area (TPSA) is 63.7 Å². The molecule has 2 heterocycles. The Hall–Kier alpha value is -2.76. The molecule has 6 heteroatoms. The van der Waals surface area contributed by atoms with Crippen molar-refractivity contribution in [3.05, 3.63) is 48.7 Å². The summed E-state index contributed by atoms with van der Waals surface area (Å²) in [5, 5.41) is 3.01. The van der Waals surface area contributed by atoms with E-state index in [0.717, 1.165) is 31.1 Å². The number of aromatic nitrogens is 1. The molecule has 0 aliphatic carbocycles. The van der Waals surface area contributed by atoms with E-state index in [2.05, 4.69) is 15.2 Å². The Morgan fingerprint density at radius 3 is 2.75 bits per heavy atom. The lowest BCUT2D eigenvalue weighted by Crippen LogP contribution is -2.39. The van der Waals surface area contributed by atoms with E-state index in [1.54, 1.807) is 37.6 Å². The molecule has 1 aliphatic heterocycles. The Bertz CT molecular complexity index is 661. The second-order valence-corrected chi connectivity index (χ2v) is 5.65. The lowest BCUT2D eigenvalue weighted by atomic mass is 10.2. The third-order valence-electron chi connectivity index (χ3n) is 3.96. The van der Waals surface area contributed by atoms with Crippen LogP contribution in [0.25, 0.3) is 0 Å². The molecule has 1 fully saturated rings. The minimum atomic E-state index is -0.112. The van der Waals surface area contributed by atoms with Gasteiger partial charge in [-0.3, -0.25) is 4.79 Å². The molecule has 1 aromatic carbocycles. The Morgan fingerprint density at radius 2 is 2.04 bits per heavy atom. The van der Waals surface area contributed by atoms with Gasteiger partial charge in [-0.2, -0.15) is 0 Å². The van der Waals surface area contributed by atoms with Crippen molar-refractivity contribution in [3.8, 4) is 11.5 Å². The predicted molar refractivity (Wildman–Crippen MR) is 91.5 cm³/mol. The van der Waals surface area contributed by atoms with Gasteiger partial charge in [-0.25, -0.2) is 4.98 Å². The summed E-state index contributed by atoms with van der Waals surface area (Å²) in [6, 6.07) is 13.1. The quantitative estimate of drug-likeness (QED) is 0.877. The summed E-state index contributed by atoms with van der Waals surface area (Å²) in [5.41, 5.74) is 0. The predicted octanol–water partition coefficient (Wildman–Crippen LogP) is 1.86. The molecule has 6 nitrogen and oxygen atoms in total. The molecule has 1 aromatic heterocycles. The lowest BCUT2D eigenvalue weighted by Gasteiger charge is -2.17. The normalized spacial score (nSPS) is 16.7. The van der Waals surface area contributed by atoms with Crippen LogP contribution in [0.5, 0.6) is 11.5 Å². The molecular weight excluding hydrogens is 306 g/mol. The molecule has 1 saturated heterocycles. The number of hydrogen-bond acceptors (Lipinski definition) is 5. The summed E-state index contributed by atoms with van der Waals surface area (Å²) in [6.07, 6.45) is 2.69. The molecular formula is C18H21N3O3. The van der Waals surface area contributed by atoms with E-state index < -0.39 is 0 Å². The maximum atomic E-state index is 12.0. The van der Waals surface area contributed by atoms with E-state index in [0.29, 0.717) is 5.75 Å². The standard InChI is InChI=1S/C18H21N3O3/c1-23-15-5-7-16(8-6-15)24-13-18(22)20-14-9-11-21(12-14)17-4-2-3-10-19-17/h2-8,10,14H,9,11-13H2,1H3,(H,20,22). The number of pyridine rings is 1. The third-order valence-corrected chi connectivity index (χ3v) is 3.96. The van der Waals surface area contributed by atoms with Gasteiger partial charge in [0.1, 0.15) is 17.3 Å². The van der Waals surface area contributed by atoms with Crippen molar-refractivity contribution in [2.24, 2.45) is 0 Å². The summed E-state index contributed by atoms with van der Waals surface area (Å²) in [7, 11) is 1.61. The van der Waals surface area contributed by atoms with Gasteiger partial charge in [0.15, 0.2) is 6.61 Å². The van der Waals surface area contributed by atoms with Gasteiger partial charge >= 0.3 is 0 Å². The fourth-order valence-corrected chi connectivity index (χ4v) is 2.72. The maximum Gasteiger partial charge on any atom is 0.258 e. The van der Waals surface area contributed by atoms with Gasteiger partial charge in [-0.15, -0.1) is 0 Å². The van der Waals surface area contributed by atoms with Crippen LogP contribution >= 0.6 is 0 Å². The van der Waals surface area contributed by atoms with Crippen molar-refractivity contribution in [3.63, 3.8) is 0 Å². The van der Waals surface area contributed by atoms with Crippen LogP contribution in [-0.4, -0.2) is 43.7 Å². The summed E-state index contributed by atoms with van der Waals surface area (Å²) in [4.78, 5) is 18.6. The monoisotopic (exact) mass is 327 g/mol. The average molecular weight is 327 g/mol. The smallest absolute Gasteiger partial charge is 0.258 e. The van der Waals surface area contributed by atoms with Crippen LogP contribution in [-0.2, 0) is 4.79 Å². The Morgan fingerprint density at radius 1 is 1.25 bits per heavy atom. The van der Waals surface area contributed by atoms with Gasteiger partial charge < -0.3 is 19.7 Å². The second kappa shape index (κ2) is 7.68. The number of anilines is 1. The van der Waals surface area contributed by atoms with Crippen LogP contribution < -0.4 is 19.7 Å². The molecule has 1 amide bonds. The molecule has 126 valence electrons. The lowest BCUT2D eigenvalue weighted by molar-refractivity contribution is -0.123. The van der Waals surface area contributed by atoms with E-state index in [1.807, 2.05) is 18.2 Å². The first-order chi connectivity index (χ1) is 11.7. The van der Waals surface area contributed by atoms with Crippen LogP contribution in [0.4, 0.5) is 5.82 Å². The molecule has 1 N–H and O–H groups in total.